The average Bonchev–Trinajstić information content (AvgIpc) is 2.67. The number of rotatable bonds is 4. The van der Waals surface area contributed by atoms with Crippen molar-refractivity contribution < 1.29 is 14.8 Å². The normalized spacial score (nSPS) is 17.8. The van der Waals surface area contributed by atoms with E-state index >= 15 is 0 Å². The van der Waals surface area contributed by atoms with E-state index in [1.54, 1.807) is 6.07 Å². The highest BCUT2D eigenvalue weighted by Gasteiger charge is 2.39. The third-order valence-corrected chi connectivity index (χ3v) is 4.80. The molecule has 0 amide bonds. The number of hydrogen-bond acceptors (Lipinski definition) is 4. The van der Waals surface area contributed by atoms with E-state index in [0.29, 0.717) is 22.1 Å². The molecule has 21 heavy (non-hydrogen) atoms. The number of halogens is 1. The zero-order chi connectivity index (χ0) is 15.5. The van der Waals surface area contributed by atoms with Crippen LogP contribution in [0.5, 0.6) is 0 Å². The lowest BCUT2D eigenvalue weighted by atomic mass is 9.90. The van der Waals surface area contributed by atoms with E-state index in [2.05, 4.69) is 5.32 Å². The van der Waals surface area contributed by atoms with E-state index in [4.69, 9.17) is 0 Å². The van der Waals surface area contributed by atoms with E-state index in [1.165, 1.54) is 12.1 Å². The van der Waals surface area contributed by atoms with Crippen molar-refractivity contribution >= 4 is 39.9 Å². The van der Waals surface area contributed by atoms with Crippen LogP contribution in [0.2, 0.25) is 0 Å². The number of nitrogens with zero attached hydrogens (tertiary/aromatic N) is 1. The minimum atomic E-state index is -0.966. The van der Waals surface area contributed by atoms with Crippen molar-refractivity contribution in [1.29, 1.82) is 0 Å². The Kier molecular flexibility index (Phi) is 5.02. The molecule has 7 heteroatoms. The maximum absolute atomic E-state index is 11.7. The van der Waals surface area contributed by atoms with Gasteiger partial charge in [-0.25, -0.2) is 4.79 Å². The second-order valence-corrected chi connectivity index (χ2v) is 6.51. The van der Waals surface area contributed by atoms with Crippen molar-refractivity contribution in [2.75, 3.05) is 5.32 Å². The first kappa shape index (κ1) is 16.0. The molecule has 114 valence electrons. The number of carboxylic acid groups (broad SMARTS) is 1. The predicted octanol–water partition coefficient (Wildman–Crippen LogP) is 3.79. The smallest absolute Gasteiger partial charge is 0.329 e. The molecule has 0 saturated heterocycles. The Labute approximate surface area is 136 Å². The SMILES string of the molecule is O=C(O)C1(Nc2ccc([N+](=O)[O-])cc2I)CCCCCC1. The fraction of sp³-hybridized carbons (Fsp3) is 0.500. The zero-order valence-corrected chi connectivity index (χ0v) is 13.6. The van der Waals surface area contributed by atoms with Crippen molar-refractivity contribution in [3.8, 4) is 0 Å². The van der Waals surface area contributed by atoms with E-state index in [-0.39, 0.29) is 5.69 Å². The molecule has 0 heterocycles. The number of nitro groups is 1. The quantitative estimate of drug-likeness (QED) is 0.345. The van der Waals surface area contributed by atoms with E-state index < -0.39 is 16.4 Å². The summed E-state index contributed by atoms with van der Waals surface area (Å²) < 4.78 is 0.659. The first-order valence-corrected chi connectivity index (χ1v) is 7.98. The summed E-state index contributed by atoms with van der Waals surface area (Å²) in [6.45, 7) is 0. The van der Waals surface area contributed by atoms with E-state index in [0.717, 1.165) is 25.7 Å². The van der Waals surface area contributed by atoms with Crippen molar-refractivity contribution in [1.82, 2.24) is 0 Å². The third kappa shape index (κ3) is 3.63. The Morgan fingerprint density at radius 1 is 1.29 bits per heavy atom. The minimum absolute atomic E-state index is 0.00944. The number of anilines is 1. The van der Waals surface area contributed by atoms with Crippen LogP contribution in [0.3, 0.4) is 0 Å². The van der Waals surface area contributed by atoms with E-state index in [9.17, 15) is 20.0 Å². The first-order chi connectivity index (χ1) is 9.94. The molecule has 2 rings (SSSR count). The van der Waals surface area contributed by atoms with Gasteiger partial charge in [-0.1, -0.05) is 25.7 Å². The van der Waals surface area contributed by atoms with Crippen LogP contribution in [0.25, 0.3) is 0 Å². The van der Waals surface area contributed by atoms with Crippen molar-refractivity contribution in [2.45, 2.75) is 44.1 Å². The van der Waals surface area contributed by atoms with Crippen LogP contribution in [-0.4, -0.2) is 21.5 Å². The Morgan fingerprint density at radius 2 is 1.90 bits per heavy atom. The van der Waals surface area contributed by atoms with Gasteiger partial charge in [0.1, 0.15) is 5.54 Å². The number of nitrogens with one attached hydrogen (secondary N) is 1. The highest BCUT2D eigenvalue weighted by molar-refractivity contribution is 14.1. The molecule has 1 aromatic rings. The minimum Gasteiger partial charge on any atom is -0.480 e. The van der Waals surface area contributed by atoms with Crippen LogP contribution in [0.1, 0.15) is 38.5 Å². The maximum atomic E-state index is 11.7. The summed E-state index contributed by atoms with van der Waals surface area (Å²) in [7, 11) is 0. The largest absolute Gasteiger partial charge is 0.480 e. The Bertz CT molecular complexity index is 554. The molecule has 0 spiro atoms. The number of hydrogen-bond donors (Lipinski definition) is 2. The third-order valence-electron chi connectivity index (χ3n) is 3.90. The number of non-ortho nitro benzene ring substituents is 1. The van der Waals surface area contributed by atoms with Gasteiger partial charge in [0.25, 0.3) is 5.69 Å². The fourth-order valence-electron chi connectivity index (χ4n) is 2.70. The summed E-state index contributed by atoms with van der Waals surface area (Å²) in [5.74, 6) is -0.849. The standard InChI is InChI=1S/C14H17IN2O4/c15-11-9-10(17(20)21)5-6-12(11)16-14(13(18)19)7-3-1-2-4-8-14/h5-6,9,16H,1-4,7-8H2,(H,18,19). The van der Waals surface area contributed by atoms with Gasteiger partial charge in [-0.05, 0) is 41.5 Å². The van der Waals surface area contributed by atoms with Crippen molar-refractivity contribution in [3.05, 3.63) is 31.9 Å². The molecular formula is C14H17IN2O4. The second kappa shape index (κ2) is 6.59. The van der Waals surface area contributed by atoms with Crippen LogP contribution in [0.15, 0.2) is 18.2 Å². The lowest BCUT2D eigenvalue weighted by Crippen LogP contribution is -2.46. The molecule has 1 aliphatic carbocycles. The van der Waals surface area contributed by atoms with Gasteiger partial charge in [0, 0.05) is 21.4 Å². The summed E-state index contributed by atoms with van der Waals surface area (Å²) in [6.07, 6.45) is 5.01. The number of nitro benzene ring substituents is 1. The maximum Gasteiger partial charge on any atom is 0.329 e. The molecule has 0 aliphatic heterocycles. The van der Waals surface area contributed by atoms with Crippen LogP contribution in [-0.2, 0) is 4.79 Å². The number of aliphatic carboxylic acids is 1. The molecule has 0 unspecified atom stereocenters. The Balaban J connectivity index is 2.28. The van der Waals surface area contributed by atoms with Gasteiger partial charge in [0.15, 0.2) is 0 Å². The average molecular weight is 404 g/mol. The lowest BCUT2D eigenvalue weighted by molar-refractivity contribution is -0.384. The van der Waals surface area contributed by atoms with Crippen LogP contribution >= 0.6 is 22.6 Å². The van der Waals surface area contributed by atoms with Crippen LogP contribution in [0.4, 0.5) is 11.4 Å². The summed E-state index contributed by atoms with van der Waals surface area (Å²) in [4.78, 5) is 22.1. The molecule has 0 bridgehead atoms. The topological polar surface area (TPSA) is 92.5 Å². The fourth-order valence-corrected chi connectivity index (χ4v) is 3.33. The number of carbonyl (C=O) groups is 1. The zero-order valence-electron chi connectivity index (χ0n) is 11.5. The van der Waals surface area contributed by atoms with E-state index in [1.807, 2.05) is 22.6 Å². The lowest BCUT2D eigenvalue weighted by Gasteiger charge is -2.30. The van der Waals surface area contributed by atoms with Gasteiger partial charge in [0.2, 0.25) is 0 Å². The number of benzene rings is 1. The molecule has 0 aromatic heterocycles. The molecule has 1 aromatic carbocycles. The van der Waals surface area contributed by atoms with Gasteiger partial charge in [-0.3, -0.25) is 10.1 Å². The Morgan fingerprint density at radius 3 is 2.38 bits per heavy atom. The molecule has 1 aliphatic rings. The summed E-state index contributed by atoms with van der Waals surface area (Å²) in [5.41, 5.74) is -0.312. The van der Waals surface area contributed by atoms with Gasteiger partial charge in [-0.2, -0.15) is 0 Å². The van der Waals surface area contributed by atoms with Crippen molar-refractivity contribution in [3.63, 3.8) is 0 Å². The number of carboxylic acids is 1. The van der Waals surface area contributed by atoms with Crippen LogP contribution < -0.4 is 5.32 Å². The molecule has 6 nitrogen and oxygen atoms in total. The molecule has 0 radical (unpaired) electrons. The summed E-state index contributed by atoms with van der Waals surface area (Å²) in [5, 5.41) is 23.5. The predicted molar refractivity (Wildman–Crippen MR) is 87.5 cm³/mol. The van der Waals surface area contributed by atoms with Gasteiger partial charge >= 0.3 is 5.97 Å². The first-order valence-electron chi connectivity index (χ1n) is 6.90. The monoisotopic (exact) mass is 404 g/mol. The molecule has 1 fully saturated rings. The second-order valence-electron chi connectivity index (χ2n) is 5.35. The molecule has 0 atom stereocenters. The van der Waals surface area contributed by atoms with Crippen LogP contribution in [0, 0.1) is 13.7 Å². The molecule has 1 saturated carbocycles. The van der Waals surface area contributed by atoms with Gasteiger partial charge in [0.05, 0.1) is 4.92 Å². The Hall–Kier alpha value is -1.38. The van der Waals surface area contributed by atoms with Gasteiger partial charge < -0.3 is 10.4 Å². The van der Waals surface area contributed by atoms with Gasteiger partial charge in [-0.15, -0.1) is 0 Å². The molecule has 2 N–H and O–H groups in total. The summed E-state index contributed by atoms with van der Waals surface area (Å²) in [6, 6.07) is 4.45. The summed E-state index contributed by atoms with van der Waals surface area (Å²) >= 11 is 2.00. The highest BCUT2D eigenvalue weighted by atomic mass is 127. The highest BCUT2D eigenvalue weighted by Crippen LogP contribution is 2.33. The molecular weight excluding hydrogens is 387 g/mol. The van der Waals surface area contributed by atoms with Crippen molar-refractivity contribution in [2.24, 2.45) is 0 Å².